The predicted octanol–water partition coefficient (Wildman–Crippen LogP) is 2.30. The number of ether oxygens (including phenoxy) is 2. The number of nitrogens with one attached hydrogen (secondary N) is 1. The molecule has 0 bridgehead atoms. The van der Waals surface area contributed by atoms with Crippen molar-refractivity contribution in [1.29, 1.82) is 0 Å². The van der Waals surface area contributed by atoms with Crippen LogP contribution in [-0.4, -0.2) is 35.6 Å². The lowest BCUT2D eigenvalue weighted by molar-refractivity contribution is -0.124. The summed E-state index contributed by atoms with van der Waals surface area (Å²) >= 11 is 0. The first-order chi connectivity index (χ1) is 12.5. The maximum atomic E-state index is 12.2. The number of methoxy groups -OCH3 is 1. The molecule has 0 aliphatic rings. The number of carbonyl (C=O) groups excluding carboxylic acids is 2. The van der Waals surface area contributed by atoms with E-state index in [-0.39, 0.29) is 5.56 Å². The quantitative estimate of drug-likeness (QED) is 0.716. The first-order valence-corrected chi connectivity index (χ1v) is 9.41. The van der Waals surface area contributed by atoms with Crippen LogP contribution in [0.1, 0.15) is 22.8 Å². The highest BCUT2D eigenvalue weighted by Gasteiger charge is 2.17. The van der Waals surface area contributed by atoms with Crippen LogP contribution in [0.3, 0.4) is 0 Å². The van der Waals surface area contributed by atoms with E-state index in [1.54, 1.807) is 50.4 Å². The normalized spacial score (nSPS) is 11.5. The summed E-state index contributed by atoms with van der Waals surface area (Å²) in [6.07, 6.45) is 0. The van der Waals surface area contributed by atoms with Gasteiger partial charge in [-0.1, -0.05) is 31.2 Å². The minimum absolute atomic E-state index is 0.218. The monoisotopic (exact) mass is 375 g/mol. The van der Waals surface area contributed by atoms with Gasteiger partial charge in [0, 0.05) is 12.3 Å². The summed E-state index contributed by atoms with van der Waals surface area (Å²) < 4.78 is 22.1. The van der Waals surface area contributed by atoms with Crippen LogP contribution in [0, 0.1) is 0 Å². The van der Waals surface area contributed by atoms with Crippen molar-refractivity contribution < 1.29 is 23.3 Å². The highest BCUT2D eigenvalue weighted by atomic mass is 32.2. The maximum Gasteiger partial charge on any atom is 0.339 e. The summed E-state index contributed by atoms with van der Waals surface area (Å²) in [4.78, 5) is 24.5. The number of hydrogen-bond acceptors (Lipinski definition) is 5. The lowest BCUT2D eigenvalue weighted by atomic mass is 10.2. The third-order valence-corrected chi connectivity index (χ3v) is 4.97. The van der Waals surface area contributed by atoms with Crippen molar-refractivity contribution in [2.24, 2.45) is 0 Å². The van der Waals surface area contributed by atoms with E-state index in [1.165, 1.54) is 0 Å². The summed E-state index contributed by atoms with van der Waals surface area (Å²) in [5.74, 6) is 0.0505. The van der Waals surface area contributed by atoms with Crippen LogP contribution in [0.15, 0.2) is 53.4 Å². The van der Waals surface area contributed by atoms with Gasteiger partial charge >= 0.3 is 5.97 Å². The zero-order valence-corrected chi connectivity index (χ0v) is 15.5. The van der Waals surface area contributed by atoms with Gasteiger partial charge in [0.1, 0.15) is 5.75 Å². The molecule has 0 fully saturated rings. The Kier molecular flexibility index (Phi) is 7.35. The molecular formula is C19H21NO5S. The van der Waals surface area contributed by atoms with Crippen molar-refractivity contribution in [3.8, 4) is 5.75 Å². The highest BCUT2D eigenvalue weighted by molar-refractivity contribution is 7.85. The molecule has 2 aromatic rings. The van der Waals surface area contributed by atoms with E-state index in [0.717, 1.165) is 11.3 Å². The molecule has 0 aliphatic heterocycles. The molecule has 0 radical (unpaired) electrons. The lowest BCUT2D eigenvalue weighted by Crippen LogP contribution is -2.28. The average molecular weight is 375 g/mol. The molecule has 0 saturated carbocycles. The molecule has 2 rings (SSSR count). The molecule has 0 aliphatic carbocycles. The molecule has 0 aromatic heterocycles. The molecule has 6 nitrogen and oxygen atoms in total. The highest BCUT2D eigenvalue weighted by Crippen LogP contribution is 2.15. The Morgan fingerprint density at radius 2 is 1.77 bits per heavy atom. The fourth-order valence-corrected chi connectivity index (χ4v) is 3.13. The molecule has 2 aromatic carbocycles. The molecule has 0 heterocycles. The fraction of sp³-hybridized carbons (Fsp3) is 0.263. The first-order valence-electron chi connectivity index (χ1n) is 8.09. The van der Waals surface area contributed by atoms with Crippen molar-refractivity contribution >= 4 is 22.7 Å². The summed E-state index contributed by atoms with van der Waals surface area (Å²) in [7, 11) is 0.303. The standard InChI is InChI=1S/C19H21NO5S/c1-3-26(23)17-7-5-4-6-16(17)19(22)25-13-18(21)20-12-14-8-10-15(24-2)11-9-14/h4-11H,3,12-13H2,1-2H3,(H,20,21)/t26-/m1/s1. The van der Waals surface area contributed by atoms with Crippen LogP contribution in [-0.2, 0) is 26.9 Å². The maximum absolute atomic E-state index is 12.2. The smallest absolute Gasteiger partial charge is 0.339 e. The first kappa shape index (κ1) is 19.7. The topological polar surface area (TPSA) is 81.7 Å². The van der Waals surface area contributed by atoms with Gasteiger partial charge in [0.25, 0.3) is 5.91 Å². The molecule has 0 spiro atoms. The SMILES string of the molecule is CC[S@@](=O)c1ccccc1C(=O)OCC(=O)NCc1ccc(OC)cc1. The number of hydrogen-bond donors (Lipinski definition) is 1. The fourth-order valence-electron chi connectivity index (χ4n) is 2.19. The van der Waals surface area contributed by atoms with E-state index < -0.39 is 29.3 Å². The van der Waals surface area contributed by atoms with Gasteiger partial charge in [0.2, 0.25) is 0 Å². The van der Waals surface area contributed by atoms with Crippen molar-refractivity contribution in [3.63, 3.8) is 0 Å². The van der Waals surface area contributed by atoms with Gasteiger partial charge in [-0.3, -0.25) is 9.00 Å². The minimum Gasteiger partial charge on any atom is -0.497 e. The van der Waals surface area contributed by atoms with E-state index >= 15 is 0 Å². The van der Waals surface area contributed by atoms with Crippen molar-refractivity contribution in [3.05, 3.63) is 59.7 Å². The number of rotatable bonds is 8. The van der Waals surface area contributed by atoms with E-state index in [9.17, 15) is 13.8 Å². The van der Waals surface area contributed by atoms with Crippen molar-refractivity contribution in [1.82, 2.24) is 5.32 Å². The second-order valence-electron chi connectivity index (χ2n) is 5.33. The van der Waals surface area contributed by atoms with Crippen LogP contribution in [0.2, 0.25) is 0 Å². The van der Waals surface area contributed by atoms with Gasteiger partial charge in [-0.15, -0.1) is 0 Å². The van der Waals surface area contributed by atoms with E-state index in [0.29, 0.717) is 17.2 Å². The third-order valence-electron chi connectivity index (χ3n) is 3.60. The van der Waals surface area contributed by atoms with Gasteiger partial charge in [0.05, 0.1) is 28.4 Å². The number of esters is 1. The molecule has 1 amide bonds. The molecule has 1 N–H and O–H groups in total. The molecule has 138 valence electrons. The summed E-state index contributed by atoms with van der Waals surface area (Å²) in [5, 5.41) is 2.67. The third kappa shape index (κ3) is 5.42. The van der Waals surface area contributed by atoms with Gasteiger partial charge in [-0.25, -0.2) is 4.79 Å². The molecule has 1 atom stereocenters. The summed E-state index contributed by atoms with van der Waals surface area (Å²) in [6.45, 7) is 1.68. The molecule has 26 heavy (non-hydrogen) atoms. The Bertz CT molecular complexity index is 789. The van der Waals surface area contributed by atoms with Gasteiger partial charge < -0.3 is 14.8 Å². The van der Waals surface area contributed by atoms with Crippen LogP contribution in [0.4, 0.5) is 0 Å². The summed E-state index contributed by atoms with van der Waals surface area (Å²) in [6, 6.07) is 13.8. The van der Waals surface area contributed by atoms with Crippen molar-refractivity contribution in [2.75, 3.05) is 19.5 Å². The molecule has 0 saturated heterocycles. The van der Waals surface area contributed by atoms with E-state index in [1.807, 2.05) is 12.1 Å². The Balaban J connectivity index is 1.87. The van der Waals surface area contributed by atoms with Crippen LogP contribution < -0.4 is 10.1 Å². The lowest BCUT2D eigenvalue weighted by Gasteiger charge is -2.09. The summed E-state index contributed by atoms with van der Waals surface area (Å²) in [5.41, 5.74) is 1.12. The number of benzene rings is 2. The van der Waals surface area contributed by atoms with Crippen LogP contribution >= 0.6 is 0 Å². The molecular weight excluding hydrogens is 354 g/mol. The van der Waals surface area contributed by atoms with E-state index in [2.05, 4.69) is 5.32 Å². The Labute approximate surface area is 155 Å². The Hall–Kier alpha value is -2.67. The zero-order chi connectivity index (χ0) is 18.9. The number of amides is 1. The average Bonchev–Trinajstić information content (AvgIpc) is 2.70. The second kappa shape index (κ2) is 9.72. The van der Waals surface area contributed by atoms with Gasteiger partial charge in [0.15, 0.2) is 6.61 Å². The van der Waals surface area contributed by atoms with Gasteiger partial charge in [-0.2, -0.15) is 0 Å². The van der Waals surface area contributed by atoms with Crippen molar-refractivity contribution in [2.45, 2.75) is 18.4 Å². The van der Waals surface area contributed by atoms with Crippen LogP contribution in [0.5, 0.6) is 5.75 Å². The molecule has 0 unspecified atom stereocenters. The number of carbonyl (C=O) groups is 2. The Morgan fingerprint density at radius 3 is 2.42 bits per heavy atom. The second-order valence-corrected chi connectivity index (χ2v) is 7.04. The molecule has 7 heteroatoms. The van der Waals surface area contributed by atoms with E-state index in [4.69, 9.17) is 9.47 Å². The van der Waals surface area contributed by atoms with Crippen LogP contribution in [0.25, 0.3) is 0 Å². The largest absolute Gasteiger partial charge is 0.497 e. The minimum atomic E-state index is -1.28. The Morgan fingerprint density at radius 1 is 1.08 bits per heavy atom. The van der Waals surface area contributed by atoms with Gasteiger partial charge in [-0.05, 0) is 29.8 Å². The zero-order valence-electron chi connectivity index (χ0n) is 14.7. The predicted molar refractivity (Wildman–Crippen MR) is 98.5 cm³/mol.